The molecule has 0 radical (unpaired) electrons. The molecule has 0 spiro atoms. The molecule has 23 heavy (non-hydrogen) atoms. The Kier molecular flexibility index (Phi) is 5.23. The second-order valence-electron chi connectivity index (χ2n) is 4.93. The fraction of sp³-hybridized carbons (Fsp3) is 0.267. The van der Waals surface area contributed by atoms with Crippen molar-refractivity contribution >= 4 is 23.5 Å². The SMILES string of the molecule is C[C@@H](CNC(=O)c1c(C(=O)O)cnn1C)Oc1ccc(Cl)cc1. The molecule has 0 aliphatic rings. The fourth-order valence-corrected chi connectivity index (χ4v) is 2.10. The van der Waals surface area contributed by atoms with Gasteiger partial charge in [0, 0.05) is 12.1 Å². The maximum atomic E-state index is 12.1. The summed E-state index contributed by atoms with van der Waals surface area (Å²) < 4.78 is 6.86. The van der Waals surface area contributed by atoms with E-state index in [0.29, 0.717) is 10.8 Å². The summed E-state index contributed by atoms with van der Waals surface area (Å²) in [7, 11) is 1.51. The molecule has 122 valence electrons. The van der Waals surface area contributed by atoms with Gasteiger partial charge in [0.05, 0.1) is 12.7 Å². The van der Waals surface area contributed by atoms with Gasteiger partial charge in [-0.15, -0.1) is 0 Å². The molecule has 1 aromatic heterocycles. The average molecular weight is 338 g/mol. The van der Waals surface area contributed by atoms with Crippen molar-refractivity contribution in [3.05, 3.63) is 46.7 Å². The van der Waals surface area contributed by atoms with Crippen LogP contribution in [-0.4, -0.2) is 39.4 Å². The number of rotatable bonds is 6. The van der Waals surface area contributed by atoms with Crippen LogP contribution >= 0.6 is 11.6 Å². The Balaban J connectivity index is 1.95. The number of nitrogens with one attached hydrogen (secondary N) is 1. The van der Waals surface area contributed by atoms with E-state index in [4.69, 9.17) is 21.4 Å². The minimum atomic E-state index is -1.20. The Morgan fingerprint density at radius 1 is 1.39 bits per heavy atom. The minimum Gasteiger partial charge on any atom is -0.489 e. The number of hydrogen-bond acceptors (Lipinski definition) is 4. The summed E-state index contributed by atoms with van der Waals surface area (Å²) in [6.45, 7) is 2.00. The van der Waals surface area contributed by atoms with Crippen molar-refractivity contribution in [2.75, 3.05) is 6.54 Å². The number of carbonyl (C=O) groups is 2. The average Bonchev–Trinajstić information content (AvgIpc) is 2.89. The van der Waals surface area contributed by atoms with Crippen molar-refractivity contribution in [2.24, 2.45) is 7.05 Å². The van der Waals surface area contributed by atoms with E-state index in [9.17, 15) is 9.59 Å². The van der Waals surface area contributed by atoms with Gasteiger partial charge in [-0.05, 0) is 31.2 Å². The number of amides is 1. The molecule has 1 amide bonds. The van der Waals surface area contributed by atoms with Crippen molar-refractivity contribution < 1.29 is 19.4 Å². The van der Waals surface area contributed by atoms with Crippen molar-refractivity contribution in [1.29, 1.82) is 0 Å². The predicted molar refractivity (Wildman–Crippen MR) is 84.0 cm³/mol. The summed E-state index contributed by atoms with van der Waals surface area (Å²) in [6, 6.07) is 6.86. The third kappa shape index (κ3) is 4.23. The lowest BCUT2D eigenvalue weighted by molar-refractivity contribution is 0.0690. The van der Waals surface area contributed by atoms with Gasteiger partial charge in [0.2, 0.25) is 0 Å². The third-order valence-corrected chi connectivity index (χ3v) is 3.34. The maximum Gasteiger partial charge on any atom is 0.339 e. The quantitative estimate of drug-likeness (QED) is 0.840. The molecule has 2 rings (SSSR count). The molecule has 0 bridgehead atoms. The highest BCUT2D eigenvalue weighted by atomic mass is 35.5. The van der Waals surface area contributed by atoms with E-state index >= 15 is 0 Å². The van der Waals surface area contributed by atoms with Gasteiger partial charge in [-0.3, -0.25) is 9.48 Å². The van der Waals surface area contributed by atoms with Gasteiger partial charge in [0.1, 0.15) is 23.1 Å². The topological polar surface area (TPSA) is 93.5 Å². The van der Waals surface area contributed by atoms with Crippen LogP contribution < -0.4 is 10.1 Å². The highest BCUT2D eigenvalue weighted by molar-refractivity contribution is 6.30. The number of halogens is 1. The molecule has 0 fully saturated rings. The van der Waals surface area contributed by atoms with Crippen molar-refractivity contribution in [3.63, 3.8) is 0 Å². The number of ether oxygens (including phenoxy) is 1. The van der Waals surface area contributed by atoms with E-state index < -0.39 is 11.9 Å². The van der Waals surface area contributed by atoms with E-state index in [-0.39, 0.29) is 23.9 Å². The predicted octanol–water partition coefficient (Wildman–Crippen LogP) is 1.97. The molecule has 0 aliphatic carbocycles. The van der Waals surface area contributed by atoms with E-state index in [0.717, 1.165) is 6.20 Å². The first-order chi connectivity index (χ1) is 10.9. The van der Waals surface area contributed by atoms with Crippen LogP contribution in [0.2, 0.25) is 5.02 Å². The Hall–Kier alpha value is -2.54. The van der Waals surface area contributed by atoms with Crippen LogP contribution in [0.5, 0.6) is 5.75 Å². The Morgan fingerprint density at radius 3 is 2.65 bits per heavy atom. The molecule has 2 N–H and O–H groups in total. The molecule has 1 heterocycles. The minimum absolute atomic E-state index is 0.00353. The molecule has 8 heteroatoms. The largest absolute Gasteiger partial charge is 0.489 e. The smallest absolute Gasteiger partial charge is 0.339 e. The molecule has 0 saturated carbocycles. The van der Waals surface area contributed by atoms with Crippen LogP contribution in [-0.2, 0) is 7.05 Å². The van der Waals surface area contributed by atoms with E-state index in [1.54, 1.807) is 31.2 Å². The zero-order chi connectivity index (χ0) is 17.0. The second-order valence-corrected chi connectivity index (χ2v) is 5.36. The number of carboxylic acid groups (broad SMARTS) is 1. The first kappa shape index (κ1) is 16.8. The van der Waals surface area contributed by atoms with Gasteiger partial charge < -0.3 is 15.2 Å². The van der Waals surface area contributed by atoms with Gasteiger partial charge in [-0.1, -0.05) is 11.6 Å². The van der Waals surface area contributed by atoms with Crippen molar-refractivity contribution in [3.8, 4) is 5.75 Å². The molecule has 0 unspecified atom stereocenters. The van der Waals surface area contributed by atoms with E-state index in [1.807, 2.05) is 0 Å². The highest BCUT2D eigenvalue weighted by Gasteiger charge is 2.21. The van der Waals surface area contributed by atoms with Crippen LogP contribution in [0.4, 0.5) is 0 Å². The molecule has 2 aromatic rings. The molecule has 0 saturated heterocycles. The van der Waals surface area contributed by atoms with E-state index in [1.165, 1.54) is 11.7 Å². The number of aromatic nitrogens is 2. The molecule has 1 atom stereocenters. The van der Waals surface area contributed by atoms with Crippen molar-refractivity contribution in [1.82, 2.24) is 15.1 Å². The van der Waals surface area contributed by atoms with Crippen LogP contribution in [0.1, 0.15) is 27.8 Å². The third-order valence-electron chi connectivity index (χ3n) is 3.09. The first-order valence-corrected chi connectivity index (χ1v) is 7.22. The molecule has 7 nitrogen and oxygen atoms in total. The standard InChI is InChI=1S/C15H16ClN3O4/c1-9(23-11-5-3-10(16)4-6-11)7-17-14(20)13-12(15(21)22)8-18-19(13)2/h3-6,8-9H,7H2,1-2H3,(H,17,20)(H,21,22)/t9-/m0/s1. The van der Waals surface area contributed by atoms with Gasteiger partial charge in [0.15, 0.2) is 0 Å². The molecule has 0 aliphatic heterocycles. The fourth-order valence-electron chi connectivity index (χ4n) is 1.97. The number of benzene rings is 1. The number of carboxylic acids is 1. The zero-order valence-corrected chi connectivity index (χ0v) is 13.4. The summed E-state index contributed by atoms with van der Waals surface area (Å²) in [6.07, 6.45) is 0.840. The number of carbonyl (C=O) groups excluding carboxylic acids is 1. The molecule has 1 aromatic carbocycles. The van der Waals surface area contributed by atoms with Gasteiger partial charge >= 0.3 is 5.97 Å². The lowest BCUT2D eigenvalue weighted by Crippen LogP contribution is -2.35. The van der Waals surface area contributed by atoms with E-state index in [2.05, 4.69) is 10.4 Å². The highest BCUT2D eigenvalue weighted by Crippen LogP contribution is 2.16. The van der Waals surface area contributed by atoms with Crippen LogP contribution in [0, 0.1) is 0 Å². The van der Waals surface area contributed by atoms with Gasteiger partial charge in [-0.2, -0.15) is 5.10 Å². The summed E-state index contributed by atoms with van der Waals surface area (Å²) in [5.74, 6) is -1.09. The summed E-state index contributed by atoms with van der Waals surface area (Å²) in [4.78, 5) is 23.2. The Labute approximate surface area is 137 Å². The number of aryl methyl sites for hydroxylation is 1. The molecular formula is C15H16ClN3O4. The maximum absolute atomic E-state index is 12.1. The van der Waals surface area contributed by atoms with Crippen LogP contribution in [0.15, 0.2) is 30.5 Å². The van der Waals surface area contributed by atoms with Crippen LogP contribution in [0.3, 0.4) is 0 Å². The lowest BCUT2D eigenvalue weighted by Gasteiger charge is -2.15. The number of hydrogen-bond donors (Lipinski definition) is 2. The van der Waals surface area contributed by atoms with Gasteiger partial charge in [-0.25, -0.2) is 4.79 Å². The normalized spacial score (nSPS) is 11.8. The Bertz CT molecular complexity index is 712. The molecular weight excluding hydrogens is 322 g/mol. The van der Waals surface area contributed by atoms with Gasteiger partial charge in [0.25, 0.3) is 5.91 Å². The summed E-state index contributed by atoms with van der Waals surface area (Å²) in [5.41, 5.74) is -0.146. The number of aromatic carboxylic acids is 1. The van der Waals surface area contributed by atoms with Crippen LogP contribution in [0.25, 0.3) is 0 Å². The first-order valence-electron chi connectivity index (χ1n) is 6.84. The Morgan fingerprint density at radius 2 is 2.04 bits per heavy atom. The second kappa shape index (κ2) is 7.15. The zero-order valence-electron chi connectivity index (χ0n) is 12.6. The summed E-state index contributed by atoms with van der Waals surface area (Å²) in [5, 5.41) is 16.1. The summed E-state index contributed by atoms with van der Waals surface area (Å²) >= 11 is 5.79. The van der Waals surface area contributed by atoms with Crippen molar-refractivity contribution in [2.45, 2.75) is 13.0 Å². The number of nitrogens with zero attached hydrogens (tertiary/aromatic N) is 2. The lowest BCUT2D eigenvalue weighted by atomic mass is 10.2. The monoisotopic (exact) mass is 337 g/mol.